The van der Waals surface area contributed by atoms with Gasteiger partial charge in [-0.05, 0) is 48.4 Å². The van der Waals surface area contributed by atoms with Gasteiger partial charge in [-0.15, -0.1) is 0 Å². The Morgan fingerprint density at radius 2 is 1.71 bits per heavy atom. The van der Waals surface area contributed by atoms with E-state index in [1.165, 1.54) is 11.1 Å². The number of hydrogen-bond donors (Lipinski definition) is 0. The van der Waals surface area contributed by atoms with Crippen LogP contribution in [-0.2, 0) is 11.2 Å². The number of halogens is 1. The first kappa shape index (κ1) is 14.5. The molecule has 1 nitrogen and oxygen atoms in total. The smallest absolute Gasteiger partial charge is 0.140 e. The summed E-state index contributed by atoms with van der Waals surface area (Å²) in [5.41, 5.74) is 2.50. The quantitative estimate of drug-likeness (QED) is 0.754. The van der Waals surface area contributed by atoms with Gasteiger partial charge in [0.25, 0.3) is 0 Å². The number of hydrogen-bond acceptors (Lipinski definition) is 1. The first-order chi connectivity index (χ1) is 10.2. The van der Waals surface area contributed by atoms with Gasteiger partial charge in [0, 0.05) is 16.8 Å². The molecule has 1 aliphatic carbocycles. The van der Waals surface area contributed by atoms with Gasteiger partial charge < -0.3 is 0 Å². The molecule has 0 aromatic heterocycles. The molecular weight excluding hydrogens is 324 g/mol. The number of ketones is 1. The Labute approximate surface area is 134 Å². The van der Waals surface area contributed by atoms with E-state index in [2.05, 4.69) is 52.3 Å². The van der Waals surface area contributed by atoms with Gasteiger partial charge in [-0.3, -0.25) is 4.79 Å². The van der Waals surface area contributed by atoms with Crippen LogP contribution in [0.2, 0.25) is 0 Å². The first-order valence-corrected chi connectivity index (χ1v) is 8.35. The van der Waals surface area contributed by atoms with Crippen LogP contribution in [0.15, 0.2) is 59.1 Å². The van der Waals surface area contributed by atoms with Gasteiger partial charge in [0.05, 0.1) is 0 Å². The van der Waals surface area contributed by atoms with Gasteiger partial charge in [0.2, 0.25) is 0 Å². The molecule has 0 unspecified atom stereocenters. The van der Waals surface area contributed by atoms with Crippen molar-refractivity contribution < 1.29 is 4.79 Å². The van der Waals surface area contributed by atoms with Crippen molar-refractivity contribution in [1.82, 2.24) is 0 Å². The van der Waals surface area contributed by atoms with Crippen LogP contribution in [0.4, 0.5) is 0 Å². The molecule has 108 valence electrons. The van der Waals surface area contributed by atoms with Crippen LogP contribution in [0.5, 0.6) is 0 Å². The Morgan fingerprint density at radius 3 is 2.43 bits per heavy atom. The van der Waals surface area contributed by atoms with Crippen LogP contribution in [0.1, 0.15) is 36.3 Å². The summed E-state index contributed by atoms with van der Waals surface area (Å²) in [5, 5.41) is 0. The molecule has 0 heterocycles. The van der Waals surface area contributed by atoms with Crippen molar-refractivity contribution in [2.24, 2.45) is 5.92 Å². The molecule has 1 saturated carbocycles. The second-order valence-corrected chi connectivity index (χ2v) is 6.75. The molecule has 0 spiro atoms. The van der Waals surface area contributed by atoms with Gasteiger partial charge in [-0.2, -0.15) is 0 Å². The third-order valence-electron chi connectivity index (χ3n) is 4.39. The van der Waals surface area contributed by atoms with E-state index >= 15 is 0 Å². The van der Waals surface area contributed by atoms with Crippen molar-refractivity contribution >= 4 is 21.7 Å². The summed E-state index contributed by atoms with van der Waals surface area (Å²) in [4.78, 5) is 12.4. The van der Waals surface area contributed by atoms with Crippen LogP contribution < -0.4 is 0 Å². The molecule has 2 aromatic carbocycles. The highest BCUT2D eigenvalue weighted by atomic mass is 79.9. The van der Waals surface area contributed by atoms with Crippen LogP contribution in [0.25, 0.3) is 0 Å². The monoisotopic (exact) mass is 342 g/mol. The molecule has 0 N–H and O–H groups in total. The third-order valence-corrected chi connectivity index (χ3v) is 4.91. The molecule has 1 aliphatic rings. The van der Waals surface area contributed by atoms with Crippen molar-refractivity contribution in [3.05, 3.63) is 70.2 Å². The summed E-state index contributed by atoms with van der Waals surface area (Å²) < 4.78 is 1.10. The van der Waals surface area contributed by atoms with Crippen LogP contribution in [0, 0.1) is 5.92 Å². The Morgan fingerprint density at radius 1 is 1.00 bits per heavy atom. The van der Waals surface area contributed by atoms with Crippen molar-refractivity contribution in [1.29, 1.82) is 0 Å². The fourth-order valence-corrected chi connectivity index (χ4v) is 3.65. The van der Waals surface area contributed by atoms with Crippen molar-refractivity contribution in [2.45, 2.75) is 31.6 Å². The summed E-state index contributed by atoms with van der Waals surface area (Å²) in [6.45, 7) is 0. The predicted octanol–water partition coefficient (Wildman–Crippen LogP) is 5.14. The minimum absolute atomic E-state index is 0.0728. The highest BCUT2D eigenvalue weighted by Crippen LogP contribution is 2.37. The molecule has 2 aromatic rings. The minimum atomic E-state index is 0.0728. The van der Waals surface area contributed by atoms with Gasteiger partial charge in [0.15, 0.2) is 0 Å². The maximum Gasteiger partial charge on any atom is 0.140 e. The lowest BCUT2D eigenvalue weighted by atomic mass is 9.72. The number of carbonyl (C=O) groups excluding carboxylic acids is 1. The zero-order valence-electron chi connectivity index (χ0n) is 12.0. The molecular formula is C19H19BrO. The molecule has 0 saturated heterocycles. The summed E-state index contributed by atoms with van der Waals surface area (Å²) in [6.07, 6.45) is 3.89. The average Bonchev–Trinajstić information content (AvgIpc) is 2.51. The van der Waals surface area contributed by atoms with Crippen LogP contribution in [0.3, 0.4) is 0 Å². The number of rotatable bonds is 3. The van der Waals surface area contributed by atoms with E-state index in [9.17, 15) is 4.79 Å². The first-order valence-electron chi connectivity index (χ1n) is 7.56. The van der Waals surface area contributed by atoms with Gasteiger partial charge in [-0.25, -0.2) is 0 Å². The van der Waals surface area contributed by atoms with E-state index in [-0.39, 0.29) is 5.92 Å². The molecule has 0 bridgehead atoms. The summed E-state index contributed by atoms with van der Waals surface area (Å²) >= 11 is 3.47. The third kappa shape index (κ3) is 3.44. The van der Waals surface area contributed by atoms with E-state index in [0.717, 1.165) is 30.2 Å². The van der Waals surface area contributed by atoms with Crippen molar-refractivity contribution in [3.8, 4) is 0 Å². The molecule has 2 atom stereocenters. The maximum atomic E-state index is 12.4. The predicted molar refractivity (Wildman–Crippen MR) is 89.4 cm³/mol. The Bertz CT molecular complexity index is 603. The van der Waals surface area contributed by atoms with Crippen molar-refractivity contribution in [2.75, 3.05) is 0 Å². The highest BCUT2D eigenvalue weighted by Gasteiger charge is 2.32. The van der Waals surface area contributed by atoms with E-state index in [4.69, 9.17) is 0 Å². The van der Waals surface area contributed by atoms with Crippen LogP contribution >= 0.6 is 15.9 Å². The standard InChI is InChI=1S/C19H19BrO/c20-17-11-9-14(10-12-17)13-16-7-4-8-18(21)19(16)15-5-2-1-3-6-15/h1-3,5-6,9-12,16,19H,4,7-8,13H2/t16-,19-/m0/s1. The lowest BCUT2D eigenvalue weighted by molar-refractivity contribution is -0.123. The van der Waals surface area contributed by atoms with Gasteiger partial charge in [0.1, 0.15) is 5.78 Å². The SMILES string of the molecule is O=C1CCC[C@@H](Cc2ccc(Br)cc2)[C@@H]1c1ccccc1. The molecule has 0 radical (unpaired) electrons. The summed E-state index contributed by atoms with van der Waals surface area (Å²) in [7, 11) is 0. The lowest BCUT2D eigenvalue weighted by Crippen LogP contribution is -2.28. The molecule has 3 rings (SSSR count). The topological polar surface area (TPSA) is 17.1 Å². The maximum absolute atomic E-state index is 12.4. The average molecular weight is 343 g/mol. The van der Waals surface area contributed by atoms with E-state index in [0.29, 0.717) is 11.7 Å². The lowest BCUT2D eigenvalue weighted by Gasteiger charge is -2.31. The highest BCUT2D eigenvalue weighted by molar-refractivity contribution is 9.10. The molecule has 2 heteroatoms. The van der Waals surface area contributed by atoms with Gasteiger partial charge >= 0.3 is 0 Å². The molecule has 0 amide bonds. The number of benzene rings is 2. The largest absolute Gasteiger partial charge is 0.299 e. The van der Waals surface area contributed by atoms with E-state index in [1.807, 2.05) is 18.2 Å². The minimum Gasteiger partial charge on any atom is -0.299 e. The van der Waals surface area contributed by atoms with E-state index < -0.39 is 0 Å². The zero-order valence-corrected chi connectivity index (χ0v) is 13.6. The Balaban J connectivity index is 1.84. The molecule has 21 heavy (non-hydrogen) atoms. The Kier molecular flexibility index (Phi) is 4.54. The van der Waals surface area contributed by atoms with Gasteiger partial charge in [-0.1, -0.05) is 58.4 Å². The second kappa shape index (κ2) is 6.57. The summed E-state index contributed by atoms with van der Waals surface area (Å²) in [6, 6.07) is 18.8. The molecule has 0 aliphatic heterocycles. The van der Waals surface area contributed by atoms with Crippen molar-refractivity contribution in [3.63, 3.8) is 0 Å². The fourth-order valence-electron chi connectivity index (χ4n) is 3.39. The number of Topliss-reactive ketones (excluding diaryl/α,β-unsaturated/α-hetero) is 1. The van der Waals surface area contributed by atoms with Crippen LogP contribution in [-0.4, -0.2) is 5.78 Å². The van der Waals surface area contributed by atoms with E-state index in [1.54, 1.807) is 0 Å². The zero-order chi connectivity index (χ0) is 14.7. The fraction of sp³-hybridized carbons (Fsp3) is 0.316. The Hall–Kier alpha value is -1.41. The number of carbonyl (C=O) groups is 1. The summed E-state index contributed by atoms with van der Waals surface area (Å²) in [5.74, 6) is 0.910. The molecule has 1 fully saturated rings. The second-order valence-electron chi connectivity index (χ2n) is 5.84. The normalized spacial score (nSPS) is 22.2.